The molecular formula is C28H41N5O4. The molecule has 37 heavy (non-hydrogen) atoms. The Hall–Kier alpha value is -2.78. The van der Waals surface area contributed by atoms with Crippen LogP contribution in [0.4, 0.5) is 5.69 Å². The van der Waals surface area contributed by atoms with Crippen molar-refractivity contribution in [3.63, 3.8) is 0 Å². The summed E-state index contributed by atoms with van der Waals surface area (Å²) in [5, 5.41) is 4.02. The molecule has 2 aliphatic rings. The van der Waals surface area contributed by atoms with Crippen LogP contribution < -0.4 is 4.90 Å². The summed E-state index contributed by atoms with van der Waals surface area (Å²) < 4.78 is 11.0. The smallest absolute Gasteiger partial charge is 0.227 e. The van der Waals surface area contributed by atoms with Crippen LogP contribution in [-0.2, 0) is 27.3 Å². The van der Waals surface area contributed by atoms with Gasteiger partial charge in [-0.25, -0.2) is 0 Å². The Bertz CT molecular complexity index is 1030. The number of aromatic nitrogens is 2. The zero-order valence-electron chi connectivity index (χ0n) is 22.5. The highest BCUT2D eigenvalue weighted by atomic mass is 16.5. The molecule has 1 aromatic heterocycles. The monoisotopic (exact) mass is 511 g/mol. The first-order valence-corrected chi connectivity index (χ1v) is 13.7. The first-order chi connectivity index (χ1) is 17.9. The number of aryl methyl sites for hydroxylation is 1. The number of anilines is 1. The van der Waals surface area contributed by atoms with Crippen molar-refractivity contribution < 1.29 is 18.8 Å². The van der Waals surface area contributed by atoms with Crippen molar-refractivity contribution in [2.75, 3.05) is 44.3 Å². The molecule has 1 saturated heterocycles. The van der Waals surface area contributed by atoms with Crippen molar-refractivity contribution in [1.82, 2.24) is 19.9 Å². The Labute approximate surface area is 220 Å². The third-order valence-corrected chi connectivity index (χ3v) is 7.34. The quantitative estimate of drug-likeness (QED) is 0.603. The summed E-state index contributed by atoms with van der Waals surface area (Å²) >= 11 is 0. The van der Waals surface area contributed by atoms with Gasteiger partial charge in [0.1, 0.15) is 0 Å². The molecule has 0 spiro atoms. The van der Waals surface area contributed by atoms with E-state index < -0.39 is 0 Å². The molecule has 1 aromatic carbocycles. The predicted octanol–water partition coefficient (Wildman–Crippen LogP) is 3.78. The van der Waals surface area contributed by atoms with Gasteiger partial charge in [0, 0.05) is 83.4 Å². The molecule has 9 heteroatoms. The van der Waals surface area contributed by atoms with Crippen molar-refractivity contribution >= 4 is 17.5 Å². The van der Waals surface area contributed by atoms with Crippen LogP contribution in [0.15, 0.2) is 28.8 Å². The normalized spacial score (nSPS) is 18.8. The lowest BCUT2D eigenvalue weighted by Crippen LogP contribution is -2.43. The van der Waals surface area contributed by atoms with Crippen LogP contribution in [-0.4, -0.2) is 77.2 Å². The average molecular weight is 512 g/mol. The fraction of sp³-hybridized carbons (Fsp3) is 0.643. The number of benzene rings is 1. The molecular weight excluding hydrogens is 470 g/mol. The molecule has 4 rings (SSSR count). The summed E-state index contributed by atoms with van der Waals surface area (Å²) in [6, 6.07) is 8.45. The van der Waals surface area contributed by atoms with Gasteiger partial charge in [0.15, 0.2) is 5.82 Å². The van der Waals surface area contributed by atoms with Gasteiger partial charge in [0.05, 0.1) is 0 Å². The molecule has 2 amide bonds. The van der Waals surface area contributed by atoms with Crippen LogP contribution in [0, 0.1) is 0 Å². The lowest BCUT2D eigenvalue weighted by atomic mass is 10.1. The van der Waals surface area contributed by atoms with Crippen molar-refractivity contribution in [2.45, 2.75) is 77.8 Å². The van der Waals surface area contributed by atoms with E-state index in [1.807, 2.05) is 47.9 Å². The van der Waals surface area contributed by atoms with E-state index in [0.29, 0.717) is 50.2 Å². The molecule has 202 valence electrons. The Morgan fingerprint density at radius 3 is 2.49 bits per heavy atom. The molecule has 1 fully saturated rings. The van der Waals surface area contributed by atoms with Gasteiger partial charge in [0.25, 0.3) is 0 Å². The van der Waals surface area contributed by atoms with Gasteiger partial charge in [-0.05, 0) is 37.3 Å². The summed E-state index contributed by atoms with van der Waals surface area (Å²) in [7, 11) is 0. The SMILES string of the molecule is CC(=O)N1CCCN(C2CCOCC2)CCCN(C(=O)CCc2nc(C(C)C)no2)Cc2ccccc21. The third kappa shape index (κ3) is 7.38. The zero-order chi connectivity index (χ0) is 26.2. The number of carbonyl (C=O) groups is 2. The zero-order valence-corrected chi connectivity index (χ0v) is 22.5. The van der Waals surface area contributed by atoms with Crippen molar-refractivity contribution in [1.29, 1.82) is 0 Å². The van der Waals surface area contributed by atoms with Crippen LogP contribution in [0.5, 0.6) is 0 Å². The molecule has 2 aliphatic heterocycles. The summed E-state index contributed by atoms with van der Waals surface area (Å²) in [6.45, 7) is 10.9. The Kier molecular flexibility index (Phi) is 9.68. The van der Waals surface area contributed by atoms with Gasteiger partial charge in [0.2, 0.25) is 17.7 Å². The van der Waals surface area contributed by atoms with E-state index in [-0.39, 0.29) is 17.7 Å². The summed E-state index contributed by atoms with van der Waals surface area (Å²) in [6.07, 6.45) is 4.61. The highest BCUT2D eigenvalue weighted by Crippen LogP contribution is 2.25. The fourth-order valence-electron chi connectivity index (χ4n) is 5.25. The third-order valence-electron chi connectivity index (χ3n) is 7.34. The van der Waals surface area contributed by atoms with Gasteiger partial charge in [-0.2, -0.15) is 4.98 Å². The maximum atomic E-state index is 13.5. The lowest BCUT2D eigenvalue weighted by Gasteiger charge is -2.36. The molecule has 2 aromatic rings. The number of para-hydroxylation sites is 1. The number of hydrogen-bond donors (Lipinski definition) is 0. The van der Waals surface area contributed by atoms with Gasteiger partial charge in [-0.1, -0.05) is 37.2 Å². The molecule has 0 saturated carbocycles. The summed E-state index contributed by atoms with van der Waals surface area (Å²) in [5.41, 5.74) is 1.89. The molecule has 0 unspecified atom stereocenters. The molecule has 0 atom stereocenters. The minimum Gasteiger partial charge on any atom is -0.381 e. The fourth-order valence-corrected chi connectivity index (χ4v) is 5.25. The van der Waals surface area contributed by atoms with Crippen molar-refractivity contribution in [3.8, 4) is 0 Å². The van der Waals surface area contributed by atoms with E-state index in [1.165, 1.54) is 0 Å². The predicted molar refractivity (Wildman–Crippen MR) is 141 cm³/mol. The topological polar surface area (TPSA) is 92.0 Å². The molecule has 3 heterocycles. The van der Waals surface area contributed by atoms with E-state index in [0.717, 1.165) is 63.2 Å². The van der Waals surface area contributed by atoms with E-state index >= 15 is 0 Å². The number of ether oxygens (including phenoxy) is 1. The van der Waals surface area contributed by atoms with E-state index in [4.69, 9.17) is 9.26 Å². The minimum absolute atomic E-state index is 0.0253. The van der Waals surface area contributed by atoms with Gasteiger partial charge in [-0.15, -0.1) is 0 Å². The molecule has 0 radical (unpaired) electrons. The maximum absolute atomic E-state index is 13.5. The molecule has 0 aliphatic carbocycles. The van der Waals surface area contributed by atoms with E-state index in [9.17, 15) is 9.59 Å². The Morgan fingerprint density at radius 2 is 1.78 bits per heavy atom. The van der Waals surface area contributed by atoms with Crippen molar-refractivity contribution in [3.05, 3.63) is 41.5 Å². The van der Waals surface area contributed by atoms with Crippen LogP contribution in [0.2, 0.25) is 0 Å². The number of nitrogens with zero attached hydrogens (tertiary/aromatic N) is 5. The first-order valence-electron chi connectivity index (χ1n) is 13.7. The number of rotatable bonds is 5. The first kappa shape index (κ1) is 27.3. The largest absolute Gasteiger partial charge is 0.381 e. The van der Waals surface area contributed by atoms with Crippen LogP contribution in [0.3, 0.4) is 0 Å². The van der Waals surface area contributed by atoms with Gasteiger partial charge >= 0.3 is 0 Å². The van der Waals surface area contributed by atoms with Crippen LogP contribution in [0.1, 0.15) is 76.1 Å². The van der Waals surface area contributed by atoms with Gasteiger partial charge in [-0.3, -0.25) is 9.59 Å². The standard InChI is InChI=1S/C28H41N5O4/c1-21(2)28-29-26(37-30-28)10-11-27(35)32-16-6-14-31(24-12-18-36-19-13-24)15-7-17-33(22(3)34)25-9-5-4-8-23(25)20-32/h4-5,8-9,21,24H,6-7,10-20H2,1-3H3. The second-order valence-corrected chi connectivity index (χ2v) is 10.4. The number of hydrogen-bond acceptors (Lipinski definition) is 7. The minimum atomic E-state index is 0.0253. The highest BCUT2D eigenvalue weighted by Gasteiger charge is 2.25. The second kappa shape index (κ2) is 13.1. The van der Waals surface area contributed by atoms with Crippen LogP contribution in [0.25, 0.3) is 0 Å². The Balaban J connectivity index is 1.52. The van der Waals surface area contributed by atoms with Crippen molar-refractivity contribution in [2.24, 2.45) is 0 Å². The van der Waals surface area contributed by atoms with E-state index in [2.05, 4.69) is 15.0 Å². The summed E-state index contributed by atoms with van der Waals surface area (Å²) in [4.78, 5) is 36.9. The van der Waals surface area contributed by atoms with Gasteiger partial charge < -0.3 is 24.0 Å². The number of fused-ring (bicyclic) bond motifs is 1. The number of carbonyl (C=O) groups excluding carboxylic acids is 2. The highest BCUT2D eigenvalue weighted by molar-refractivity contribution is 5.92. The number of amides is 2. The molecule has 0 N–H and O–H groups in total. The average Bonchev–Trinajstić information content (AvgIpc) is 3.37. The summed E-state index contributed by atoms with van der Waals surface area (Å²) in [5.74, 6) is 1.43. The second-order valence-electron chi connectivity index (χ2n) is 10.4. The lowest BCUT2D eigenvalue weighted by molar-refractivity contribution is -0.132. The molecule has 0 bridgehead atoms. The molecule has 9 nitrogen and oxygen atoms in total. The Morgan fingerprint density at radius 1 is 1.05 bits per heavy atom. The van der Waals surface area contributed by atoms with Crippen LogP contribution >= 0.6 is 0 Å². The van der Waals surface area contributed by atoms with E-state index in [1.54, 1.807) is 6.92 Å². The maximum Gasteiger partial charge on any atom is 0.227 e.